The number of hydrogen-bond donors (Lipinski definition) is 2. The second kappa shape index (κ2) is 13.4. The summed E-state index contributed by atoms with van der Waals surface area (Å²) in [7, 11) is 3.64. The number of likely N-dealkylation sites (N-methyl/N-ethyl adjacent to an activating group) is 1. The van der Waals surface area contributed by atoms with Gasteiger partial charge in [0.05, 0.1) is 11.2 Å². The van der Waals surface area contributed by atoms with Gasteiger partial charge in [0.2, 0.25) is 0 Å². The molecule has 0 radical (unpaired) electrons. The summed E-state index contributed by atoms with van der Waals surface area (Å²) in [5.41, 5.74) is -1.58. The molecule has 1 saturated heterocycles. The van der Waals surface area contributed by atoms with Crippen molar-refractivity contribution in [2.45, 2.75) is 88.4 Å². The van der Waals surface area contributed by atoms with Crippen LogP contribution in [0.5, 0.6) is 0 Å². The number of likely N-dealkylation sites (tertiary alicyclic amines) is 1. The minimum Gasteiger partial charge on any atom is -0.385 e. The van der Waals surface area contributed by atoms with Crippen LogP contribution in [0.1, 0.15) is 81.8 Å². The van der Waals surface area contributed by atoms with Crippen LogP contribution >= 0.6 is 0 Å². The van der Waals surface area contributed by atoms with E-state index in [1.54, 1.807) is 13.2 Å². The number of hydrogen-bond acceptors (Lipinski definition) is 4. The van der Waals surface area contributed by atoms with Crippen molar-refractivity contribution in [3.05, 3.63) is 35.4 Å². The molecule has 7 heteroatoms. The van der Waals surface area contributed by atoms with E-state index in [2.05, 4.69) is 10.2 Å². The second-order valence-corrected chi connectivity index (χ2v) is 10.7. The van der Waals surface area contributed by atoms with Crippen LogP contribution in [0.3, 0.4) is 0 Å². The summed E-state index contributed by atoms with van der Waals surface area (Å²) in [4.78, 5) is 2.51. The van der Waals surface area contributed by atoms with Crippen LogP contribution in [0, 0.1) is 11.8 Å². The van der Waals surface area contributed by atoms with Gasteiger partial charge in [0.15, 0.2) is 0 Å². The fraction of sp³-hybridized carbons (Fsp3) is 0.786. The van der Waals surface area contributed by atoms with E-state index < -0.39 is 17.3 Å². The Hall–Kier alpha value is -1.15. The third kappa shape index (κ3) is 7.91. The topological polar surface area (TPSA) is 44.7 Å². The number of methoxy groups -OCH3 is 1. The van der Waals surface area contributed by atoms with Crippen molar-refractivity contribution >= 4 is 0 Å². The Bertz CT molecular complexity index is 754. The van der Waals surface area contributed by atoms with Crippen molar-refractivity contribution in [3.63, 3.8) is 0 Å². The highest BCUT2D eigenvalue weighted by atomic mass is 19.4. The molecule has 3 unspecified atom stereocenters. The van der Waals surface area contributed by atoms with Gasteiger partial charge in [-0.05, 0) is 75.7 Å². The fourth-order valence-corrected chi connectivity index (χ4v) is 6.32. The summed E-state index contributed by atoms with van der Waals surface area (Å²) < 4.78 is 45.7. The predicted molar refractivity (Wildman–Crippen MR) is 134 cm³/mol. The van der Waals surface area contributed by atoms with E-state index in [9.17, 15) is 18.3 Å². The highest BCUT2D eigenvalue weighted by molar-refractivity contribution is 5.31. The molecule has 0 spiro atoms. The average molecular weight is 499 g/mol. The van der Waals surface area contributed by atoms with Gasteiger partial charge in [0, 0.05) is 38.8 Å². The highest BCUT2D eigenvalue weighted by Gasteiger charge is 2.42. The largest absolute Gasteiger partial charge is 0.416 e. The van der Waals surface area contributed by atoms with Crippen LogP contribution in [0.2, 0.25) is 0 Å². The Balaban J connectivity index is 1.82. The van der Waals surface area contributed by atoms with Gasteiger partial charge in [-0.1, -0.05) is 44.2 Å². The Labute approximate surface area is 209 Å². The third-order valence-electron chi connectivity index (χ3n) is 8.26. The minimum atomic E-state index is -4.43. The van der Waals surface area contributed by atoms with E-state index in [-0.39, 0.29) is 5.92 Å². The normalized spacial score (nSPS) is 23.2. The van der Waals surface area contributed by atoms with Gasteiger partial charge in [0.1, 0.15) is 0 Å². The molecule has 4 nitrogen and oxygen atoms in total. The Morgan fingerprint density at radius 1 is 1.09 bits per heavy atom. The fourth-order valence-electron chi connectivity index (χ4n) is 6.32. The zero-order chi connectivity index (χ0) is 25.3. The molecule has 0 aromatic heterocycles. The van der Waals surface area contributed by atoms with Crippen LogP contribution in [0.25, 0.3) is 0 Å². The molecule has 1 heterocycles. The van der Waals surface area contributed by atoms with Crippen LogP contribution < -0.4 is 5.32 Å². The number of piperidine rings is 1. The molecule has 3 atom stereocenters. The second-order valence-electron chi connectivity index (χ2n) is 10.7. The summed E-state index contributed by atoms with van der Waals surface area (Å²) >= 11 is 0. The standard InChI is InChI=1S/C28H45F3N2O2/c1-32-20-26(18-22-10-4-3-5-11-22)33-16-9-14-25(21-33)27(34,15-6-7-17-35-2)23-12-8-13-24(19-23)28(29,30)31/h8,12-13,19,22,25-26,32,34H,3-7,9-11,14-18,20-21H2,1-2H3. The average Bonchev–Trinajstić information content (AvgIpc) is 2.86. The first-order valence-corrected chi connectivity index (χ1v) is 13.6. The summed E-state index contributed by atoms with van der Waals surface area (Å²) in [6.07, 6.45) is 6.99. The first kappa shape index (κ1) is 28.4. The van der Waals surface area contributed by atoms with Gasteiger partial charge in [-0.2, -0.15) is 13.2 Å². The van der Waals surface area contributed by atoms with Crippen LogP contribution in [0.4, 0.5) is 13.2 Å². The van der Waals surface area contributed by atoms with Gasteiger partial charge >= 0.3 is 6.18 Å². The van der Waals surface area contributed by atoms with Crippen molar-refractivity contribution in [2.24, 2.45) is 11.8 Å². The SMILES string of the molecule is CNCC(CC1CCCCC1)N1CCCC(C(O)(CCCCOC)c2cccc(C(F)(F)F)c2)C1. The van der Waals surface area contributed by atoms with Crippen LogP contribution in [-0.4, -0.2) is 56.4 Å². The van der Waals surface area contributed by atoms with Crippen molar-refractivity contribution in [1.82, 2.24) is 10.2 Å². The van der Waals surface area contributed by atoms with E-state index in [4.69, 9.17) is 4.74 Å². The van der Waals surface area contributed by atoms with Crippen LogP contribution in [0.15, 0.2) is 24.3 Å². The number of ether oxygens (including phenoxy) is 1. The lowest BCUT2D eigenvalue weighted by Crippen LogP contribution is -2.52. The summed E-state index contributed by atoms with van der Waals surface area (Å²) in [6, 6.07) is 5.77. The first-order chi connectivity index (χ1) is 16.8. The summed E-state index contributed by atoms with van der Waals surface area (Å²) in [5, 5.41) is 15.5. The van der Waals surface area contributed by atoms with E-state index in [0.29, 0.717) is 31.1 Å². The molecule has 2 aliphatic rings. The molecule has 1 aliphatic carbocycles. The maximum Gasteiger partial charge on any atom is 0.416 e. The smallest absolute Gasteiger partial charge is 0.385 e. The molecule has 2 N–H and O–H groups in total. The zero-order valence-corrected chi connectivity index (χ0v) is 21.6. The van der Waals surface area contributed by atoms with Crippen molar-refractivity contribution in [1.29, 1.82) is 0 Å². The molecule has 0 bridgehead atoms. The monoisotopic (exact) mass is 498 g/mol. The molecule has 1 aliphatic heterocycles. The van der Waals surface area contributed by atoms with E-state index in [0.717, 1.165) is 57.3 Å². The summed E-state index contributed by atoms with van der Waals surface area (Å²) in [6.45, 7) is 3.19. The van der Waals surface area contributed by atoms with Gasteiger partial charge in [0.25, 0.3) is 0 Å². The molecule has 2 fully saturated rings. The first-order valence-electron chi connectivity index (χ1n) is 13.6. The van der Waals surface area contributed by atoms with E-state index in [1.165, 1.54) is 44.2 Å². The Morgan fingerprint density at radius 3 is 2.51 bits per heavy atom. The number of nitrogens with one attached hydrogen (secondary N) is 1. The third-order valence-corrected chi connectivity index (χ3v) is 8.26. The quantitative estimate of drug-likeness (QED) is 0.348. The number of halogens is 3. The Kier molecular flexibility index (Phi) is 10.9. The Morgan fingerprint density at radius 2 is 1.83 bits per heavy atom. The van der Waals surface area contributed by atoms with E-state index in [1.807, 2.05) is 7.05 Å². The van der Waals surface area contributed by atoms with Crippen LogP contribution in [-0.2, 0) is 16.5 Å². The van der Waals surface area contributed by atoms with Gasteiger partial charge in [-0.15, -0.1) is 0 Å². The number of nitrogens with zero attached hydrogens (tertiary/aromatic N) is 1. The van der Waals surface area contributed by atoms with Crippen molar-refractivity contribution < 1.29 is 23.0 Å². The van der Waals surface area contributed by atoms with E-state index >= 15 is 0 Å². The molecule has 1 saturated carbocycles. The number of unbranched alkanes of at least 4 members (excludes halogenated alkanes) is 1. The maximum atomic E-state index is 13.5. The van der Waals surface area contributed by atoms with Gasteiger partial charge < -0.3 is 15.2 Å². The molecule has 3 rings (SSSR count). The zero-order valence-electron chi connectivity index (χ0n) is 21.6. The molecule has 0 amide bonds. The van der Waals surface area contributed by atoms with Gasteiger partial charge in [-0.25, -0.2) is 0 Å². The molecule has 35 heavy (non-hydrogen) atoms. The number of benzene rings is 1. The number of rotatable bonds is 12. The highest BCUT2D eigenvalue weighted by Crippen LogP contribution is 2.42. The lowest BCUT2D eigenvalue weighted by atomic mass is 9.73. The minimum absolute atomic E-state index is 0.104. The number of aliphatic hydroxyl groups is 1. The molecule has 1 aromatic carbocycles. The van der Waals surface area contributed by atoms with Crippen molar-refractivity contribution in [3.8, 4) is 0 Å². The maximum absolute atomic E-state index is 13.5. The molecular weight excluding hydrogens is 453 g/mol. The molecule has 200 valence electrons. The molecular formula is C28H45F3N2O2. The number of alkyl halides is 3. The molecule has 1 aromatic rings. The summed E-state index contributed by atoms with van der Waals surface area (Å²) in [5.74, 6) is 0.645. The predicted octanol–water partition coefficient (Wildman–Crippen LogP) is 5.98. The lowest BCUT2D eigenvalue weighted by molar-refractivity contribution is -0.138. The lowest BCUT2D eigenvalue weighted by Gasteiger charge is -2.46. The van der Waals surface area contributed by atoms with Gasteiger partial charge in [-0.3, -0.25) is 4.90 Å². The van der Waals surface area contributed by atoms with Crippen molar-refractivity contribution in [2.75, 3.05) is 40.4 Å².